The monoisotopic (exact) mass is 418 g/mol. The van der Waals surface area contributed by atoms with E-state index in [9.17, 15) is 18.0 Å². The zero-order chi connectivity index (χ0) is 22.0. The van der Waals surface area contributed by atoms with E-state index in [1.165, 1.54) is 18.2 Å². The van der Waals surface area contributed by atoms with Gasteiger partial charge in [-0.1, -0.05) is 20.3 Å². The number of aliphatic hydroxyl groups excluding tert-OH is 1. The maximum atomic E-state index is 14.1. The van der Waals surface area contributed by atoms with Crippen LogP contribution in [-0.4, -0.2) is 22.1 Å². The minimum absolute atomic E-state index is 0.0764. The number of aromatic nitrogens is 1. The lowest BCUT2D eigenvalue weighted by atomic mass is 9.78. The molecule has 2 aromatic carbocycles. The molecule has 1 unspecified atom stereocenters. The van der Waals surface area contributed by atoms with E-state index in [4.69, 9.17) is 10.8 Å². The molecule has 4 N–H and O–H groups in total. The third-order valence-corrected chi connectivity index (χ3v) is 5.43. The van der Waals surface area contributed by atoms with Crippen molar-refractivity contribution in [2.45, 2.75) is 45.1 Å². The van der Waals surface area contributed by atoms with Crippen LogP contribution in [0.3, 0.4) is 0 Å². The van der Waals surface area contributed by atoms with Crippen LogP contribution in [0.5, 0.6) is 0 Å². The number of halogens is 3. The number of amides is 1. The van der Waals surface area contributed by atoms with E-state index in [-0.39, 0.29) is 11.7 Å². The quantitative estimate of drug-likeness (QED) is 0.557. The molecule has 7 heteroatoms. The van der Waals surface area contributed by atoms with E-state index in [1.807, 2.05) is 0 Å². The lowest BCUT2D eigenvalue weighted by Gasteiger charge is -2.26. The van der Waals surface area contributed by atoms with E-state index in [0.29, 0.717) is 16.8 Å². The number of primary amides is 1. The van der Waals surface area contributed by atoms with Gasteiger partial charge in [-0.2, -0.15) is 0 Å². The Hall–Kier alpha value is -2.80. The first-order valence-electron chi connectivity index (χ1n) is 9.93. The molecule has 0 aliphatic heterocycles. The molecule has 4 rings (SSSR count). The summed E-state index contributed by atoms with van der Waals surface area (Å²) in [4.78, 5) is 13.2. The summed E-state index contributed by atoms with van der Waals surface area (Å²) in [7, 11) is 0. The highest BCUT2D eigenvalue weighted by molar-refractivity contribution is 5.92. The number of nitrogens with one attached hydrogen (secondary N) is 1. The highest BCUT2D eigenvalue weighted by Crippen LogP contribution is 2.45. The molecule has 1 heterocycles. The maximum Gasteiger partial charge on any atom is 0.246 e. The second-order valence-electron chi connectivity index (χ2n) is 7.95. The van der Waals surface area contributed by atoms with Crippen LogP contribution in [0.25, 0.3) is 22.2 Å². The third-order valence-electron chi connectivity index (χ3n) is 5.43. The fraction of sp³-hybridized carbons (Fsp3) is 0.348. The molecule has 1 aliphatic carbocycles. The molecule has 0 saturated heterocycles. The molecular formula is C23H25F3N2O2. The number of hydrogen-bond donors (Lipinski definition) is 3. The maximum absolute atomic E-state index is 14.1. The highest BCUT2D eigenvalue weighted by Gasteiger charge is 2.27. The molecular weight excluding hydrogens is 393 g/mol. The predicted octanol–water partition coefficient (Wildman–Crippen LogP) is 5.01. The van der Waals surface area contributed by atoms with Crippen LogP contribution in [0, 0.1) is 23.4 Å². The number of benzene rings is 2. The van der Waals surface area contributed by atoms with Gasteiger partial charge in [0, 0.05) is 11.5 Å². The van der Waals surface area contributed by atoms with Crippen molar-refractivity contribution in [3.63, 3.8) is 0 Å². The number of aliphatic hydroxyl groups is 1. The third kappa shape index (κ3) is 4.51. The van der Waals surface area contributed by atoms with Gasteiger partial charge in [-0.3, -0.25) is 4.79 Å². The molecule has 4 nitrogen and oxygen atoms in total. The number of nitrogens with two attached hydrogens (primary N) is 1. The van der Waals surface area contributed by atoms with Crippen LogP contribution >= 0.6 is 0 Å². The molecule has 1 saturated carbocycles. The van der Waals surface area contributed by atoms with Crippen molar-refractivity contribution in [3.05, 3.63) is 59.4 Å². The molecule has 160 valence electrons. The van der Waals surface area contributed by atoms with Crippen LogP contribution in [0.4, 0.5) is 13.2 Å². The predicted molar refractivity (Wildman–Crippen MR) is 110 cm³/mol. The van der Waals surface area contributed by atoms with Gasteiger partial charge in [-0.15, -0.1) is 0 Å². The SMILES string of the molecule is CC(C)C(O)C(N)=O.Fc1ccc(-c2[nH]c3c(F)cc(F)cc3c2C2CCC2)cc1. The highest BCUT2D eigenvalue weighted by atomic mass is 19.1. The van der Waals surface area contributed by atoms with Crippen LogP contribution in [0.2, 0.25) is 0 Å². The molecule has 1 amide bonds. The number of carbonyl (C=O) groups is 1. The van der Waals surface area contributed by atoms with Crippen molar-refractivity contribution < 1.29 is 23.1 Å². The zero-order valence-electron chi connectivity index (χ0n) is 16.9. The van der Waals surface area contributed by atoms with Crippen molar-refractivity contribution >= 4 is 16.8 Å². The Morgan fingerprint density at radius 3 is 2.20 bits per heavy atom. The number of hydrogen-bond acceptors (Lipinski definition) is 2. The first-order valence-corrected chi connectivity index (χ1v) is 9.93. The molecule has 1 aromatic heterocycles. The Labute approximate surface area is 172 Å². The van der Waals surface area contributed by atoms with Crippen LogP contribution in [0.15, 0.2) is 36.4 Å². The second-order valence-corrected chi connectivity index (χ2v) is 7.95. The number of carbonyl (C=O) groups excluding carboxylic acids is 1. The van der Waals surface area contributed by atoms with Gasteiger partial charge in [0.25, 0.3) is 0 Å². The fourth-order valence-corrected chi connectivity index (χ4v) is 3.53. The van der Waals surface area contributed by atoms with Crippen molar-refractivity contribution in [2.24, 2.45) is 11.7 Å². The van der Waals surface area contributed by atoms with Crippen molar-refractivity contribution in [1.82, 2.24) is 4.98 Å². The average Bonchev–Trinajstić information content (AvgIpc) is 3.00. The van der Waals surface area contributed by atoms with Gasteiger partial charge < -0.3 is 15.8 Å². The Balaban J connectivity index is 0.000000275. The van der Waals surface area contributed by atoms with Gasteiger partial charge in [-0.05, 0) is 66.1 Å². The summed E-state index contributed by atoms with van der Waals surface area (Å²) in [6, 6.07) is 8.35. The fourth-order valence-electron chi connectivity index (χ4n) is 3.53. The lowest BCUT2D eigenvalue weighted by Crippen LogP contribution is -2.32. The Kier molecular flexibility index (Phi) is 6.51. The Bertz CT molecular complexity index is 1040. The van der Waals surface area contributed by atoms with Crippen LogP contribution in [0.1, 0.15) is 44.6 Å². The summed E-state index contributed by atoms with van der Waals surface area (Å²) < 4.78 is 40.8. The molecule has 30 heavy (non-hydrogen) atoms. The van der Waals surface area contributed by atoms with Gasteiger partial charge in [0.15, 0.2) is 0 Å². The standard InChI is InChI=1S/C18H14F3N.C5H11NO2/c19-12-6-4-11(5-7-12)17-16(10-2-1-3-10)14-8-13(20)9-15(21)18(14)22-17;1-3(2)4(7)5(6)8/h4-10,22H,1-3H2;3-4,7H,1-2H3,(H2,6,8). The summed E-state index contributed by atoms with van der Waals surface area (Å²) in [6.45, 7) is 3.46. The first-order chi connectivity index (χ1) is 14.2. The van der Waals surface area contributed by atoms with E-state index in [0.717, 1.165) is 42.1 Å². The number of H-pyrrole nitrogens is 1. The van der Waals surface area contributed by atoms with Gasteiger partial charge in [0.2, 0.25) is 5.91 Å². The van der Waals surface area contributed by atoms with Crippen molar-refractivity contribution in [2.75, 3.05) is 0 Å². The number of aromatic amines is 1. The number of fused-ring (bicyclic) bond motifs is 1. The summed E-state index contributed by atoms with van der Waals surface area (Å²) in [5.41, 5.74) is 7.58. The molecule has 1 atom stereocenters. The van der Waals surface area contributed by atoms with E-state index >= 15 is 0 Å². The molecule has 0 bridgehead atoms. The minimum atomic E-state index is -0.991. The summed E-state index contributed by atoms with van der Waals surface area (Å²) >= 11 is 0. The average molecular weight is 418 g/mol. The largest absolute Gasteiger partial charge is 0.383 e. The Morgan fingerprint density at radius 1 is 1.10 bits per heavy atom. The summed E-state index contributed by atoms with van der Waals surface area (Å²) in [5, 5.41) is 9.33. The Morgan fingerprint density at radius 2 is 1.73 bits per heavy atom. The van der Waals surface area contributed by atoms with Crippen LogP contribution in [-0.2, 0) is 4.79 Å². The summed E-state index contributed by atoms with van der Waals surface area (Å²) in [5.74, 6) is -1.91. The lowest BCUT2D eigenvalue weighted by molar-refractivity contribution is -0.127. The van der Waals surface area contributed by atoms with Gasteiger partial charge in [-0.25, -0.2) is 13.2 Å². The van der Waals surface area contributed by atoms with E-state index < -0.39 is 23.6 Å². The normalized spacial score (nSPS) is 14.9. The second kappa shape index (κ2) is 8.92. The molecule has 1 fully saturated rings. The number of rotatable bonds is 4. The topological polar surface area (TPSA) is 79.1 Å². The van der Waals surface area contributed by atoms with E-state index in [2.05, 4.69) is 4.98 Å². The smallest absolute Gasteiger partial charge is 0.246 e. The van der Waals surface area contributed by atoms with E-state index in [1.54, 1.807) is 26.0 Å². The van der Waals surface area contributed by atoms with Gasteiger partial charge in [0.1, 0.15) is 23.6 Å². The minimum Gasteiger partial charge on any atom is -0.383 e. The first kappa shape index (κ1) is 21.9. The zero-order valence-corrected chi connectivity index (χ0v) is 16.9. The van der Waals surface area contributed by atoms with Crippen molar-refractivity contribution in [1.29, 1.82) is 0 Å². The molecule has 3 aromatic rings. The van der Waals surface area contributed by atoms with Gasteiger partial charge in [0.05, 0.1) is 11.2 Å². The van der Waals surface area contributed by atoms with Gasteiger partial charge >= 0.3 is 0 Å². The molecule has 1 aliphatic rings. The molecule has 0 spiro atoms. The molecule has 0 radical (unpaired) electrons. The van der Waals surface area contributed by atoms with Crippen molar-refractivity contribution in [3.8, 4) is 11.3 Å². The summed E-state index contributed by atoms with van der Waals surface area (Å²) in [6.07, 6.45) is 2.16. The van der Waals surface area contributed by atoms with Crippen LogP contribution < -0.4 is 5.73 Å².